The lowest BCUT2D eigenvalue weighted by atomic mass is 10.2. The molecule has 2 heterocycles. The third-order valence-electron chi connectivity index (χ3n) is 4.19. The van der Waals surface area contributed by atoms with E-state index in [1.807, 2.05) is 31.2 Å². The highest BCUT2D eigenvalue weighted by Gasteiger charge is 2.24. The quantitative estimate of drug-likeness (QED) is 0.820. The molecule has 6 heteroatoms. The van der Waals surface area contributed by atoms with E-state index in [2.05, 4.69) is 21.7 Å². The molecule has 1 aromatic heterocycles. The molecular weight excluding hydrogens is 340 g/mol. The van der Waals surface area contributed by atoms with Crippen LogP contribution >= 0.6 is 11.3 Å². The minimum atomic E-state index is -3.35. The van der Waals surface area contributed by atoms with E-state index >= 15 is 0 Å². The summed E-state index contributed by atoms with van der Waals surface area (Å²) in [5.74, 6) is 0. The van der Waals surface area contributed by atoms with Crippen LogP contribution in [-0.4, -0.2) is 43.8 Å². The molecule has 0 spiro atoms. The van der Waals surface area contributed by atoms with Crippen LogP contribution in [0.15, 0.2) is 46.5 Å². The van der Waals surface area contributed by atoms with E-state index in [1.165, 1.54) is 11.0 Å². The molecule has 0 saturated carbocycles. The molecule has 0 N–H and O–H groups in total. The Hall–Kier alpha value is -1.47. The number of hydrogen-bond donors (Lipinski definition) is 0. The maximum absolute atomic E-state index is 12.5. The maximum atomic E-state index is 12.5. The molecule has 128 valence electrons. The van der Waals surface area contributed by atoms with Crippen LogP contribution < -0.4 is 0 Å². The van der Waals surface area contributed by atoms with Crippen LogP contribution in [-0.2, 0) is 16.6 Å². The van der Waals surface area contributed by atoms with E-state index in [0.29, 0.717) is 13.1 Å². The van der Waals surface area contributed by atoms with Gasteiger partial charge in [-0.15, -0.1) is 0 Å². The highest BCUT2D eigenvalue weighted by molar-refractivity contribution is 7.92. The summed E-state index contributed by atoms with van der Waals surface area (Å²) in [4.78, 5) is 2.30. The van der Waals surface area contributed by atoms with Crippen LogP contribution in [0, 0.1) is 6.92 Å². The number of rotatable bonds is 5. The van der Waals surface area contributed by atoms with Gasteiger partial charge < -0.3 is 0 Å². The minimum Gasteiger partial charge on any atom is -0.296 e. The Kier molecular flexibility index (Phi) is 5.50. The summed E-state index contributed by atoms with van der Waals surface area (Å²) in [6, 6.07) is 9.95. The van der Waals surface area contributed by atoms with Gasteiger partial charge in [0.15, 0.2) is 0 Å². The average Bonchev–Trinajstić information content (AvgIpc) is 3.08. The summed E-state index contributed by atoms with van der Waals surface area (Å²) >= 11 is 1.70. The van der Waals surface area contributed by atoms with Crippen molar-refractivity contribution in [2.24, 2.45) is 0 Å². The standard InChI is InChI=1S/C18H22N2O2S2/c1-16-2-4-17(5-3-16)7-13-24(21,22)20-10-8-19(9-11-20)14-18-6-12-23-15-18/h2-7,12-13,15H,8-11,14H2,1H3/b13-7+. The molecule has 0 bridgehead atoms. The molecule has 4 nitrogen and oxygen atoms in total. The lowest BCUT2D eigenvalue weighted by Gasteiger charge is -2.33. The van der Waals surface area contributed by atoms with Gasteiger partial charge in [-0.1, -0.05) is 29.8 Å². The summed E-state index contributed by atoms with van der Waals surface area (Å²) in [6.45, 7) is 5.55. The Morgan fingerprint density at radius 3 is 2.42 bits per heavy atom. The van der Waals surface area contributed by atoms with Gasteiger partial charge in [-0.2, -0.15) is 15.6 Å². The second-order valence-electron chi connectivity index (χ2n) is 6.07. The molecule has 3 rings (SSSR count). The average molecular weight is 363 g/mol. The Bertz CT molecular complexity index is 773. The van der Waals surface area contributed by atoms with Crippen molar-refractivity contribution >= 4 is 27.4 Å². The van der Waals surface area contributed by atoms with E-state index in [9.17, 15) is 8.42 Å². The van der Waals surface area contributed by atoms with Gasteiger partial charge in [0.2, 0.25) is 10.0 Å². The Morgan fingerprint density at radius 2 is 1.79 bits per heavy atom. The lowest BCUT2D eigenvalue weighted by molar-refractivity contribution is 0.183. The first-order chi connectivity index (χ1) is 11.5. The zero-order valence-electron chi connectivity index (χ0n) is 13.8. The molecule has 1 fully saturated rings. The zero-order chi connectivity index (χ0) is 17.0. The molecule has 0 atom stereocenters. The number of aryl methyl sites for hydroxylation is 1. The van der Waals surface area contributed by atoms with Crippen LogP contribution in [0.25, 0.3) is 6.08 Å². The fraction of sp³-hybridized carbons (Fsp3) is 0.333. The van der Waals surface area contributed by atoms with Crippen molar-refractivity contribution in [3.63, 3.8) is 0 Å². The molecule has 0 unspecified atom stereocenters. The second-order valence-corrected chi connectivity index (χ2v) is 8.66. The van der Waals surface area contributed by atoms with E-state index < -0.39 is 10.0 Å². The third kappa shape index (κ3) is 4.54. The molecule has 0 amide bonds. The predicted molar refractivity (Wildman–Crippen MR) is 100 cm³/mol. The molecular formula is C18H22N2O2S2. The van der Waals surface area contributed by atoms with Crippen molar-refractivity contribution in [2.75, 3.05) is 26.2 Å². The van der Waals surface area contributed by atoms with E-state index in [-0.39, 0.29) is 0 Å². The van der Waals surface area contributed by atoms with E-state index in [1.54, 1.807) is 21.7 Å². The summed E-state index contributed by atoms with van der Waals surface area (Å²) < 4.78 is 26.5. The fourth-order valence-corrected chi connectivity index (χ4v) is 4.54. The van der Waals surface area contributed by atoms with Gasteiger partial charge in [-0.3, -0.25) is 4.90 Å². The van der Waals surface area contributed by atoms with Crippen molar-refractivity contribution < 1.29 is 8.42 Å². The van der Waals surface area contributed by atoms with Gasteiger partial charge in [-0.25, -0.2) is 8.42 Å². The topological polar surface area (TPSA) is 40.6 Å². The molecule has 2 aromatic rings. The van der Waals surface area contributed by atoms with Crippen molar-refractivity contribution in [2.45, 2.75) is 13.5 Å². The molecule has 1 aromatic carbocycles. The van der Waals surface area contributed by atoms with Gasteiger partial charge in [0, 0.05) is 38.1 Å². The van der Waals surface area contributed by atoms with E-state index in [0.717, 1.165) is 30.8 Å². The normalized spacial score (nSPS) is 17.5. The predicted octanol–water partition coefficient (Wildman–Crippen LogP) is 3.17. The Morgan fingerprint density at radius 1 is 1.08 bits per heavy atom. The first-order valence-electron chi connectivity index (χ1n) is 8.01. The van der Waals surface area contributed by atoms with Crippen molar-refractivity contribution in [3.05, 3.63) is 63.2 Å². The van der Waals surface area contributed by atoms with Crippen LogP contribution in [0.2, 0.25) is 0 Å². The highest BCUT2D eigenvalue weighted by atomic mass is 32.2. The van der Waals surface area contributed by atoms with Crippen LogP contribution in [0.1, 0.15) is 16.7 Å². The van der Waals surface area contributed by atoms with Gasteiger partial charge in [-0.05, 0) is 41.0 Å². The number of piperazine rings is 1. The minimum absolute atomic E-state index is 0.546. The Labute approximate surface area is 148 Å². The van der Waals surface area contributed by atoms with Gasteiger partial charge in [0.1, 0.15) is 0 Å². The molecule has 1 aliphatic heterocycles. The van der Waals surface area contributed by atoms with Crippen LogP contribution in [0.5, 0.6) is 0 Å². The zero-order valence-corrected chi connectivity index (χ0v) is 15.4. The van der Waals surface area contributed by atoms with Gasteiger partial charge in [0.05, 0.1) is 0 Å². The van der Waals surface area contributed by atoms with Crippen LogP contribution in [0.4, 0.5) is 0 Å². The van der Waals surface area contributed by atoms with Crippen LogP contribution in [0.3, 0.4) is 0 Å². The van der Waals surface area contributed by atoms with Crippen molar-refractivity contribution in [3.8, 4) is 0 Å². The second kappa shape index (κ2) is 7.61. The summed E-state index contributed by atoms with van der Waals surface area (Å²) in [5, 5.41) is 5.55. The number of hydrogen-bond acceptors (Lipinski definition) is 4. The largest absolute Gasteiger partial charge is 0.296 e. The number of benzene rings is 1. The third-order valence-corrected chi connectivity index (χ3v) is 6.48. The maximum Gasteiger partial charge on any atom is 0.236 e. The molecule has 24 heavy (non-hydrogen) atoms. The number of nitrogens with zero attached hydrogens (tertiary/aromatic N) is 2. The fourth-order valence-electron chi connectivity index (χ4n) is 2.71. The molecule has 1 aliphatic rings. The summed E-state index contributed by atoms with van der Waals surface area (Å²) in [6.07, 6.45) is 1.67. The first kappa shape index (κ1) is 17.4. The SMILES string of the molecule is Cc1ccc(/C=C/S(=O)(=O)N2CCN(Cc3ccsc3)CC2)cc1. The van der Waals surface area contributed by atoms with Crippen molar-refractivity contribution in [1.82, 2.24) is 9.21 Å². The lowest BCUT2D eigenvalue weighted by Crippen LogP contribution is -2.47. The first-order valence-corrected chi connectivity index (χ1v) is 10.5. The van der Waals surface area contributed by atoms with E-state index in [4.69, 9.17) is 0 Å². The smallest absolute Gasteiger partial charge is 0.236 e. The number of thiophene rings is 1. The Balaban J connectivity index is 1.57. The molecule has 1 saturated heterocycles. The molecule has 0 radical (unpaired) electrons. The summed E-state index contributed by atoms with van der Waals surface area (Å²) in [7, 11) is -3.35. The molecule has 0 aliphatic carbocycles. The monoisotopic (exact) mass is 362 g/mol. The van der Waals surface area contributed by atoms with Gasteiger partial charge >= 0.3 is 0 Å². The number of sulfonamides is 1. The van der Waals surface area contributed by atoms with Gasteiger partial charge in [0.25, 0.3) is 0 Å². The van der Waals surface area contributed by atoms with Crippen molar-refractivity contribution in [1.29, 1.82) is 0 Å². The summed E-state index contributed by atoms with van der Waals surface area (Å²) in [5.41, 5.74) is 3.37. The highest BCUT2D eigenvalue weighted by Crippen LogP contribution is 2.15.